The summed E-state index contributed by atoms with van der Waals surface area (Å²) in [5.74, 6) is 0.381. The maximum Gasteiger partial charge on any atom is 0.369 e. The van der Waals surface area contributed by atoms with Crippen molar-refractivity contribution in [1.82, 2.24) is 10.2 Å². The largest absolute Gasteiger partial charge is 0.469 e. The van der Waals surface area contributed by atoms with E-state index in [1.54, 1.807) is 6.92 Å². The Kier molecular flexibility index (Phi) is 4.30. The third-order valence-corrected chi connectivity index (χ3v) is 3.65. The molecule has 17 heavy (non-hydrogen) atoms. The minimum absolute atomic E-state index is 0.255. The fraction of sp³-hybridized carbons (Fsp3) is 0.727. The first-order valence-corrected chi connectivity index (χ1v) is 6.74. The molecule has 1 heterocycles. The van der Waals surface area contributed by atoms with Crippen LogP contribution in [-0.2, 0) is 4.74 Å². The van der Waals surface area contributed by atoms with Gasteiger partial charge in [0, 0.05) is 0 Å². The van der Waals surface area contributed by atoms with Gasteiger partial charge in [-0.1, -0.05) is 24.4 Å². The summed E-state index contributed by atoms with van der Waals surface area (Å²) in [6.45, 7) is 2.76. The molecule has 1 aliphatic carbocycles. The highest BCUT2D eigenvalue weighted by molar-refractivity contribution is 7.14. The Morgan fingerprint density at radius 1 is 1.47 bits per heavy atom. The summed E-state index contributed by atoms with van der Waals surface area (Å²) in [6, 6.07) is 0. The number of nitrogens with zero attached hydrogens (tertiary/aromatic N) is 2. The first-order chi connectivity index (χ1) is 8.29. The van der Waals surface area contributed by atoms with E-state index >= 15 is 0 Å². The van der Waals surface area contributed by atoms with E-state index in [2.05, 4.69) is 10.2 Å². The van der Waals surface area contributed by atoms with Gasteiger partial charge >= 0.3 is 5.97 Å². The lowest BCUT2D eigenvalue weighted by Crippen LogP contribution is -2.14. The number of carbonyl (C=O) groups is 1. The Morgan fingerprint density at radius 2 is 2.29 bits per heavy atom. The number of carbonyl (C=O) groups excluding carboxylic acids is 1. The van der Waals surface area contributed by atoms with Gasteiger partial charge in [-0.15, -0.1) is 5.10 Å². The van der Waals surface area contributed by atoms with Crippen molar-refractivity contribution in [2.45, 2.75) is 32.6 Å². The normalized spacial score (nSPS) is 15.4. The zero-order valence-corrected chi connectivity index (χ0v) is 10.7. The van der Waals surface area contributed by atoms with Gasteiger partial charge < -0.3 is 9.47 Å². The summed E-state index contributed by atoms with van der Waals surface area (Å²) < 4.78 is 10.3. The zero-order chi connectivity index (χ0) is 12.1. The molecule has 1 saturated carbocycles. The standard InChI is InChI=1S/C11H16N2O3S/c1-2-15-10(14)9-12-13-11(17-9)16-7-6-8-4-3-5-8/h8H,2-7H2,1H3. The highest BCUT2D eigenvalue weighted by atomic mass is 32.1. The number of ether oxygens (including phenoxy) is 2. The van der Waals surface area contributed by atoms with Gasteiger partial charge in [-0.25, -0.2) is 4.79 Å². The number of rotatable bonds is 6. The van der Waals surface area contributed by atoms with E-state index in [1.807, 2.05) is 0 Å². The molecule has 0 aliphatic heterocycles. The molecule has 6 heteroatoms. The topological polar surface area (TPSA) is 61.3 Å². The molecule has 0 unspecified atom stereocenters. The van der Waals surface area contributed by atoms with Crippen LogP contribution in [0.1, 0.15) is 42.4 Å². The van der Waals surface area contributed by atoms with Crippen molar-refractivity contribution in [3.63, 3.8) is 0 Å². The molecule has 0 aromatic carbocycles. The predicted octanol–water partition coefficient (Wildman–Crippen LogP) is 2.28. The second-order valence-corrected chi connectivity index (χ2v) is 4.97. The Hall–Kier alpha value is -1.17. The van der Waals surface area contributed by atoms with Crippen LogP contribution in [0.2, 0.25) is 0 Å². The molecule has 0 saturated heterocycles. The van der Waals surface area contributed by atoms with Crippen molar-refractivity contribution < 1.29 is 14.3 Å². The van der Waals surface area contributed by atoms with Crippen molar-refractivity contribution in [1.29, 1.82) is 0 Å². The minimum Gasteiger partial charge on any atom is -0.469 e. The highest BCUT2D eigenvalue weighted by Gasteiger charge is 2.18. The molecule has 0 spiro atoms. The fourth-order valence-electron chi connectivity index (χ4n) is 1.64. The first-order valence-electron chi connectivity index (χ1n) is 5.93. The van der Waals surface area contributed by atoms with Gasteiger partial charge in [0.05, 0.1) is 13.2 Å². The van der Waals surface area contributed by atoms with Crippen LogP contribution in [-0.4, -0.2) is 29.4 Å². The molecule has 0 amide bonds. The van der Waals surface area contributed by atoms with E-state index in [9.17, 15) is 4.79 Å². The quantitative estimate of drug-likeness (QED) is 0.731. The maximum atomic E-state index is 11.3. The summed E-state index contributed by atoms with van der Waals surface area (Å²) in [7, 11) is 0. The average molecular weight is 256 g/mol. The van der Waals surface area contributed by atoms with Crippen LogP contribution in [0.3, 0.4) is 0 Å². The molecule has 1 aliphatic rings. The van der Waals surface area contributed by atoms with E-state index in [0.29, 0.717) is 18.4 Å². The summed E-state index contributed by atoms with van der Waals surface area (Å²) in [5, 5.41) is 8.25. The molecule has 1 aromatic heterocycles. The molecule has 0 bridgehead atoms. The van der Waals surface area contributed by atoms with Crippen LogP contribution in [0.4, 0.5) is 0 Å². The lowest BCUT2D eigenvalue weighted by atomic mass is 9.83. The maximum absolute atomic E-state index is 11.3. The number of aromatic nitrogens is 2. The van der Waals surface area contributed by atoms with Crippen LogP contribution < -0.4 is 4.74 Å². The van der Waals surface area contributed by atoms with Crippen molar-refractivity contribution in [2.24, 2.45) is 5.92 Å². The second-order valence-electron chi connectivity index (χ2n) is 4.03. The van der Waals surface area contributed by atoms with Crippen LogP contribution in [0.25, 0.3) is 0 Å². The monoisotopic (exact) mass is 256 g/mol. The van der Waals surface area contributed by atoms with Gasteiger partial charge in [0.1, 0.15) is 0 Å². The van der Waals surface area contributed by atoms with Gasteiger partial charge in [-0.3, -0.25) is 0 Å². The Bertz CT molecular complexity index is 377. The Labute approximate surface area is 104 Å². The lowest BCUT2D eigenvalue weighted by Gasteiger charge is -2.24. The van der Waals surface area contributed by atoms with Gasteiger partial charge in [0.25, 0.3) is 5.19 Å². The Morgan fingerprint density at radius 3 is 2.94 bits per heavy atom. The summed E-state index contributed by atoms with van der Waals surface area (Å²) in [6.07, 6.45) is 5.03. The van der Waals surface area contributed by atoms with Gasteiger partial charge in [-0.2, -0.15) is 0 Å². The smallest absolute Gasteiger partial charge is 0.369 e. The van der Waals surface area contributed by atoms with Crippen molar-refractivity contribution in [3.8, 4) is 5.19 Å². The van der Waals surface area contributed by atoms with Gasteiger partial charge in [0.15, 0.2) is 0 Å². The van der Waals surface area contributed by atoms with Crippen molar-refractivity contribution in [2.75, 3.05) is 13.2 Å². The van der Waals surface area contributed by atoms with E-state index < -0.39 is 5.97 Å². The molecule has 94 valence electrons. The zero-order valence-electron chi connectivity index (χ0n) is 9.85. The van der Waals surface area contributed by atoms with E-state index in [1.165, 1.54) is 19.3 Å². The molecule has 1 fully saturated rings. The lowest BCUT2D eigenvalue weighted by molar-refractivity contribution is 0.0525. The summed E-state index contributed by atoms with van der Waals surface area (Å²) in [4.78, 5) is 11.3. The molecule has 5 nitrogen and oxygen atoms in total. The third kappa shape index (κ3) is 3.39. The molecule has 2 rings (SSSR count). The van der Waals surface area contributed by atoms with Crippen LogP contribution in [0.5, 0.6) is 5.19 Å². The van der Waals surface area contributed by atoms with Gasteiger partial charge in [0.2, 0.25) is 5.01 Å². The van der Waals surface area contributed by atoms with Crippen LogP contribution in [0, 0.1) is 5.92 Å². The number of hydrogen-bond donors (Lipinski definition) is 0. The molecular formula is C11H16N2O3S. The molecule has 0 radical (unpaired) electrons. The molecule has 0 atom stereocenters. The number of hydrogen-bond acceptors (Lipinski definition) is 6. The SMILES string of the molecule is CCOC(=O)c1nnc(OCCC2CCC2)s1. The minimum atomic E-state index is -0.432. The van der Waals surface area contributed by atoms with Crippen molar-refractivity contribution >= 4 is 17.3 Å². The summed E-state index contributed by atoms with van der Waals surface area (Å²) in [5.41, 5.74) is 0. The predicted molar refractivity (Wildman–Crippen MR) is 63.3 cm³/mol. The number of esters is 1. The summed E-state index contributed by atoms with van der Waals surface area (Å²) >= 11 is 1.14. The average Bonchev–Trinajstić information content (AvgIpc) is 2.71. The highest BCUT2D eigenvalue weighted by Crippen LogP contribution is 2.29. The molecule has 0 N–H and O–H groups in total. The van der Waals surface area contributed by atoms with Crippen molar-refractivity contribution in [3.05, 3.63) is 5.01 Å². The third-order valence-electron chi connectivity index (χ3n) is 2.83. The van der Waals surface area contributed by atoms with Gasteiger partial charge in [-0.05, 0) is 30.6 Å². The van der Waals surface area contributed by atoms with E-state index in [0.717, 1.165) is 23.7 Å². The second kappa shape index (κ2) is 5.95. The molecular weight excluding hydrogens is 240 g/mol. The Balaban J connectivity index is 1.75. The van der Waals surface area contributed by atoms with E-state index in [4.69, 9.17) is 9.47 Å². The fourth-order valence-corrected chi connectivity index (χ4v) is 2.25. The first kappa shape index (κ1) is 12.3. The van der Waals surface area contributed by atoms with E-state index in [-0.39, 0.29) is 5.01 Å². The van der Waals surface area contributed by atoms with Crippen LogP contribution >= 0.6 is 11.3 Å². The molecule has 1 aromatic rings. The van der Waals surface area contributed by atoms with Crippen LogP contribution in [0.15, 0.2) is 0 Å².